The molecule has 3 aliphatic heterocycles. The van der Waals surface area contributed by atoms with Crippen molar-refractivity contribution in [1.82, 2.24) is 14.8 Å². The number of hydrogen-bond acceptors (Lipinski definition) is 4. The summed E-state index contributed by atoms with van der Waals surface area (Å²) >= 11 is 12.6. The van der Waals surface area contributed by atoms with Crippen molar-refractivity contribution in [2.24, 2.45) is 11.8 Å². The van der Waals surface area contributed by atoms with Gasteiger partial charge in [0.1, 0.15) is 0 Å². The molecule has 0 unspecified atom stereocenters. The lowest BCUT2D eigenvalue weighted by molar-refractivity contribution is 0.00145. The molecule has 4 heterocycles. The summed E-state index contributed by atoms with van der Waals surface area (Å²) in [6, 6.07) is 0. The van der Waals surface area contributed by atoms with Crippen LogP contribution >= 0.6 is 23.2 Å². The molecule has 1 spiro atoms. The maximum Gasteiger partial charge on any atom is 0.0858 e. The van der Waals surface area contributed by atoms with Crippen LogP contribution < -0.4 is 0 Å². The van der Waals surface area contributed by atoms with Crippen LogP contribution in [-0.4, -0.2) is 60.2 Å². The Kier molecular flexibility index (Phi) is 4.10. The van der Waals surface area contributed by atoms with Gasteiger partial charge >= 0.3 is 0 Å². The molecule has 4 atom stereocenters. The zero-order valence-corrected chi connectivity index (χ0v) is 15.1. The lowest BCUT2D eigenvalue weighted by Crippen LogP contribution is -2.40. The summed E-state index contributed by atoms with van der Waals surface area (Å²) in [6.07, 6.45) is 6.21. The lowest BCUT2D eigenvalue weighted by atomic mass is 9.73. The number of rotatable bonds is 4. The summed E-state index contributed by atoms with van der Waals surface area (Å²) in [4.78, 5) is 8.80. The molecule has 1 aromatic heterocycles. The van der Waals surface area contributed by atoms with Crippen LogP contribution in [0.2, 0.25) is 10.0 Å². The fraction of sp³-hybridized carbons (Fsp3) is 0.706. The van der Waals surface area contributed by atoms with E-state index < -0.39 is 0 Å². The van der Waals surface area contributed by atoms with Gasteiger partial charge in [-0.3, -0.25) is 9.88 Å². The van der Waals surface area contributed by atoms with E-state index in [9.17, 15) is 0 Å². The van der Waals surface area contributed by atoms with Crippen LogP contribution in [0.1, 0.15) is 18.4 Å². The van der Waals surface area contributed by atoms with Crippen molar-refractivity contribution in [3.63, 3.8) is 0 Å². The van der Waals surface area contributed by atoms with Gasteiger partial charge in [0.2, 0.25) is 0 Å². The third-order valence-corrected chi connectivity index (χ3v) is 6.42. The molecule has 0 amide bonds. The molecule has 2 bridgehead atoms. The van der Waals surface area contributed by atoms with E-state index in [-0.39, 0.29) is 5.60 Å². The first-order valence-electron chi connectivity index (χ1n) is 8.31. The highest BCUT2D eigenvalue weighted by atomic mass is 35.5. The molecular formula is C17H23Cl2N3O. The fourth-order valence-electron chi connectivity index (χ4n) is 4.89. The van der Waals surface area contributed by atoms with E-state index in [2.05, 4.69) is 28.9 Å². The van der Waals surface area contributed by atoms with Crippen LogP contribution in [0, 0.1) is 11.8 Å². The fourth-order valence-corrected chi connectivity index (χ4v) is 5.37. The van der Waals surface area contributed by atoms with Gasteiger partial charge in [-0.25, -0.2) is 0 Å². The predicted octanol–water partition coefficient (Wildman–Crippen LogP) is 2.93. The Morgan fingerprint density at radius 1 is 1.35 bits per heavy atom. The highest BCUT2D eigenvalue weighted by molar-refractivity contribution is 6.35. The van der Waals surface area contributed by atoms with Crippen molar-refractivity contribution >= 4 is 23.2 Å². The molecule has 0 saturated carbocycles. The van der Waals surface area contributed by atoms with Crippen LogP contribution in [0.25, 0.3) is 0 Å². The van der Waals surface area contributed by atoms with E-state index in [0.29, 0.717) is 28.0 Å². The van der Waals surface area contributed by atoms with Crippen molar-refractivity contribution in [3.8, 4) is 0 Å². The summed E-state index contributed by atoms with van der Waals surface area (Å²) in [5.41, 5.74) is 1.05. The Labute approximate surface area is 147 Å². The lowest BCUT2D eigenvalue weighted by Gasteiger charge is -2.31. The molecule has 3 aliphatic rings. The number of nitrogens with zero attached hydrogens (tertiary/aromatic N) is 3. The van der Waals surface area contributed by atoms with E-state index in [1.807, 2.05) is 0 Å². The van der Waals surface area contributed by atoms with E-state index >= 15 is 0 Å². The van der Waals surface area contributed by atoms with E-state index in [4.69, 9.17) is 27.9 Å². The van der Waals surface area contributed by atoms with Gasteiger partial charge in [-0.15, -0.1) is 0 Å². The highest BCUT2D eigenvalue weighted by Crippen LogP contribution is 2.55. The topological polar surface area (TPSA) is 28.6 Å². The highest BCUT2D eigenvalue weighted by Gasteiger charge is 2.62. The average molecular weight is 356 g/mol. The van der Waals surface area contributed by atoms with Crippen LogP contribution in [0.5, 0.6) is 0 Å². The second-order valence-corrected chi connectivity index (χ2v) is 8.36. The average Bonchev–Trinajstić information content (AvgIpc) is 3.12. The number of hydrogen-bond donors (Lipinski definition) is 0. The molecule has 4 rings (SSSR count). The third kappa shape index (κ3) is 2.69. The molecule has 3 saturated heterocycles. The number of ether oxygens (including phenoxy) is 1. The van der Waals surface area contributed by atoms with Crippen LogP contribution in [-0.2, 0) is 11.3 Å². The SMILES string of the molecule is CN(C)C[C@H]1[C@H]2CN(Cc3c(Cl)cncc3Cl)C[C@]23CC[C@H]1O3. The summed E-state index contributed by atoms with van der Waals surface area (Å²) < 4.78 is 6.48. The van der Waals surface area contributed by atoms with Gasteiger partial charge in [0.25, 0.3) is 0 Å². The normalized spacial score (nSPS) is 36.1. The van der Waals surface area contributed by atoms with Gasteiger partial charge in [-0.05, 0) is 26.9 Å². The third-order valence-electron chi connectivity index (χ3n) is 5.76. The number of likely N-dealkylation sites (tertiary alicyclic amines) is 1. The molecule has 1 aromatic rings. The van der Waals surface area contributed by atoms with Crippen LogP contribution in [0.4, 0.5) is 0 Å². The number of pyridine rings is 1. The second kappa shape index (κ2) is 5.85. The smallest absolute Gasteiger partial charge is 0.0858 e. The monoisotopic (exact) mass is 355 g/mol. The first-order valence-corrected chi connectivity index (χ1v) is 9.07. The summed E-state index contributed by atoms with van der Waals surface area (Å²) in [6.45, 7) is 3.96. The minimum absolute atomic E-state index is 0.0668. The minimum atomic E-state index is 0.0668. The zero-order valence-electron chi connectivity index (χ0n) is 13.6. The zero-order chi connectivity index (χ0) is 16.2. The Bertz CT molecular complexity index is 591. The maximum atomic E-state index is 6.48. The van der Waals surface area contributed by atoms with Gasteiger partial charge < -0.3 is 9.64 Å². The molecular weight excluding hydrogens is 333 g/mol. The minimum Gasteiger partial charge on any atom is -0.370 e. The van der Waals surface area contributed by atoms with Gasteiger partial charge in [-0.2, -0.15) is 0 Å². The first-order chi connectivity index (χ1) is 11.0. The molecule has 0 N–H and O–H groups in total. The first kappa shape index (κ1) is 16.1. The van der Waals surface area contributed by atoms with Crippen molar-refractivity contribution in [3.05, 3.63) is 28.0 Å². The summed E-state index contributed by atoms with van der Waals surface area (Å²) in [7, 11) is 4.31. The molecule has 0 aromatic carbocycles. The maximum absolute atomic E-state index is 6.48. The number of fused-ring (bicyclic) bond motifs is 1. The van der Waals surface area contributed by atoms with Gasteiger partial charge in [0.05, 0.1) is 21.8 Å². The largest absolute Gasteiger partial charge is 0.370 e. The number of aromatic nitrogens is 1. The Morgan fingerprint density at radius 2 is 2.09 bits per heavy atom. The molecule has 3 fully saturated rings. The van der Waals surface area contributed by atoms with Crippen molar-refractivity contribution in [1.29, 1.82) is 0 Å². The molecule has 126 valence electrons. The molecule has 0 aliphatic carbocycles. The van der Waals surface area contributed by atoms with Crippen LogP contribution in [0.15, 0.2) is 12.4 Å². The van der Waals surface area contributed by atoms with Crippen LogP contribution in [0.3, 0.4) is 0 Å². The molecule has 23 heavy (non-hydrogen) atoms. The quantitative estimate of drug-likeness (QED) is 0.830. The summed E-state index contributed by atoms with van der Waals surface area (Å²) in [5, 5.41) is 1.31. The van der Waals surface area contributed by atoms with E-state index in [0.717, 1.165) is 31.7 Å². The Hall–Kier alpha value is -0.390. The van der Waals surface area contributed by atoms with Gasteiger partial charge in [-0.1, -0.05) is 23.2 Å². The van der Waals surface area contributed by atoms with Crippen molar-refractivity contribution in [2.45, 2.75) is 31.1 Å². The number of halogens is 2. The van der Waals surface area contributed by atoms with Crippen molar-refractivity contribution in [2.75, 3.05) is 33.7 Å². The van der Waals surface area contributed by atoms with Gasteiger partial charge in [0.15, 0.2) is 0 Å². The second-order valence-electron chi connectivity index (χ2n) is 7.54. The molecule has 6 heteroatoms. The van der Waals surface area contributed by atoms with E-state index in [1.165, 1.54) is 12.8 Å². The van der Waals surface area contributed by atoms with Gasteiger partial charge in [0, 0.05) is 56.0 Å². The molecule has 0 radical (unpaired) electrons. The predicted molar refractivity (Wildman–Crippen MR) is 91.9 cm³/mol. The summed E-state index contributed by atoms with van der Waals surface area (Å²) in [5.74, 6) is 1.27. The van der Waals surface area contributed by atoms with E-state index in [1.54, 1.807) is 12.4 Å². The Morgan fingerprint density at radius 3 is 2.78 bits per heavy atom. The van der Waals surface area contributed by atoms with Crippen molar-refractivity contribution < 1.29 is 4.74 Å². The molecule has 4 nitrogen and oxygen atoms in total. The Balaban J connectivity index is 1.52. The standard InChI is InChI=1S/C17H23Cl2N3O/c1-21(2)7-11-13-9-22(10-17(13)4-3-16(11)23-17)8-12-14(18)5-20-6-15(12)19/h5-6,11,13,16H,3-4,7-10H2,1-2H3/t11-,13+,16+,17+/m0/s1.